The summed E-state index contributed by atoms with van der Waals surface area (Å²) in [5, 5.41) is 2.51. The number of benzene rings is 1. The quantitative estimate of drug-likeness (QED) is 0.661. The second-order valence-corrected chi connectivity index (χ2v) is 11.3. The minimum atomic E-state index is -2.14. The van der Waals surface area contributed by atoms with Crippen LogP contribution in [0.2, 0.25) is 18.1 Å². The Morgan fingerprint density at radius 1 is 1.19 bits per heavy atom. The highest BCUT2D eigenvalue weighted by atomic mass is 28.4. The number of hydrogen-bond acceptors (Lipinski definition) is 4. The van der Waals surface area contributed by atoms with Gasteiger partial charge >= 0.3 is 5.97 Å². The summed E-state index contributed by atoms with van der Waals surface area (Å²) in [4.78, 5) is 23.7. The molecule has 0 saturated carbocycles. The lowest BCUT2D eigenvalue weighted by Crippen LogP contribution is -2.45. The fraction of sp³-hybridized carbons (Fsp3) is 0.467. The fourth-order valence-electron chi connectivity index (χ4n) is 1.36. The van der Waals surface area contributed by atoms with E-state index in [4.69, 9.17) is 10.2 Å². The van der Waals surface area contributed by atoms with Crippen molar-refractivity contribution in [2.75, 3.05) is 12.3 Å². The molecule has 0 spiro atoms. The maximum Gasteiger partial charge on any atom is 0.312 e. The molecule has 0 heterocycles. The third-order valence-electron chi connectivity index (χ3n) is 3.74. The summed E-state index contributed by atoms with van der Waals surface area (Å²) >= 11 is 0. The van der Waals surface area contributed by atoms with Gasteiger partial charge in [-0.15, -0.1) is 0 Å². The monoisotopic (exact) mass is 308 g/mol. The van der Waals surface area contributed by atoms with E-state index in [9.17, 15) is 9.59 Å². The average molecular weight is 308 g/mol. The van der Waals surface area contributed by atoms with E-state index in [0.717, 1.165) is 0 Å². The van der Waals surface area contributed by atoms with Crippen LogP contribution in [0.15, 0.2) is 24.3 Å². The number of hydrogen-bond donors (Lipinski definition) is 2. The van der Waals surface area contributed by atoms with Crippen molar-refractivity contribution in [2.45, 2.75) is 38.9 Å². The lowest BCUT2D eigenvalue weighted by molar-refractivity contribution is -0.134. The lowest BCUT2D eigenvalue weighted by Gasteiger charge is -2.35. The zero-order valence-electron chi connectivity index (χ0n) is 13.3. The summed E-state index contributed by atoms with van der Waals surface area (Å²) in [6, 6.07) is 6.51. The molecule has 0 aliphatic heterocycles. The van der Waals surface area contributed by atoms with Crippen LogP contribution < -0.4 is 11.1 Å². The van der Waals surface area contributed by atoms with Crippen molar-refractivity contribution < 1.29 is 14.0 Å². The van der Waals surface area contributed by atoms with Crippen molar-refractivity contribution in [3.63, 3.8) is 0 Å². The number of nitrogens with one attached hydrogen (secondary N) is 1. The lowest BCUT2D eigenvalue weighted by atomic mass is 10.2. The van der Waals surface area contributed by atoms with E-state index in [-0.39, 0.29) is 17.5 Å². The molecular weight excluding hydrogens is 284 g/mol. The molecule has 0 saturated heterocycles. The van der Waals surface area contributed by atoms with Crippen LogP contribution in [0.25, 0.3) is 0 Å². The van der Waals surface area contributed by atoms with Crippen LogP contribution >= 0.6 is 0 Å². The second kappa shape index (κ2) is 6.30. The number of nitrogen functional groups attached to an aromatic ring is 1. The number of carbonyl (C=O) groups is 2. The maximum atomic E-state index is 11.9. The van der Waals surface area contributed by atoms with E-state index in [2.05, 4.69) is 26.1 Å². The normalized spacial score (nSPS) is 11.9. The molecule has 5 nitrogen and oxygen atoms in total. The highest BCUT2D eigenvalue weighted by molar-refractivity contribution is 6.75. The summed E-state index contributed by atoms with van der Waals surface area (Å²) in [5.74, 6) is -0.715. The first-order valence-corrected chi connectivity index (χ1v) is 9.79. The van der Waals surface area contributed by atoms with Gasteiger partial charge in [-0.3, -0.25) is 9.59 Å². The molecule has 6 heteroatoms. The Kier molecular flexibility index (Phi) is 5.17. The van der Waals surface area contributed by atoms with Gasteiger partial charge in [-0.2, -0.15) is 0 Å². The minimum absolute atomic E-state index is 0.0520. The molecule has 1 aromatic carbocycles. The van der Waals surface area contributed by atoms with Gasteiger partial charge in [0.1, 0.15) is 6.54 Å². The highest BCUT2D eigenvalue weighted by Crippen LogP contribution is 2.36. The number of anilines is 1. The Labute approximate surface area is 127 Å². The highest BCUT2D eigenvalue weighted by Gasteiger charge is 2.40. The van der Waals surface area contributed by atoms with Crippen LogP contribution in [-0.2, 0) is 9.22 Å². The van der Waals surface area contributed by atoms with E-state index in [0.29, 0.717) is 11.3 Å². The molecule has 0 fully saturated rings. The van der Waals surface area contributed by atoms with Crippen molar-refractivity contribution in [2.24, 2.45) is 0 Å². The van der Waals surface area contributed by atoms with Crippen LogP contribution in [0.5, 0.6) is 0 Å². The van der Waals surface area contributed by atoms with Crippen molar-refractivity contribution in [3.05, 3.63) is 29.8 Å². The molecule has 116 valence electrons. The fourth-order valence-corrected chi connectivity index (χ4v) is 2.31. The molecule has 0 radical (unpaired) electrons. The third kappa shape index (κ3) is 4.89. The second-order valence-electron chi connectivity index (χ2n) is 6.54. The van der Waals surface area contributed by atoms with Crippen LogP contribution in [0.3, 0.4) is 0 Å². The summed E-state index contributed by atoms with van der Waals surface area (Å²) in [5.41, 5.74) is 6.61. The smallest absolute Gasteiger partial charge is 0.312 e. The van der Waals surface area contributed by atoms with Gasteiger partial charge < -0.3 is 15.5 Å². The molecule has 1 amide bonds. The van der Waals surface area contributed by atoms with E-state index in [1.807, 2.05) is 13.1 Å². The first-order valence-electron chi connectivity index (χ1n) is 6.88. The number of amides is 1. The number of rotatable bonds is 4. The summed E-state index contributed by atoms with van der Waals surface area (Å²) < 4.78 is 5.57. The molecule has 21 heavy (non-hydrogen) atoms. The van der Waals surface area contributed by atoms with Crippen LogP contribution in [0.1, 0.15) is 31.1 Å². The molecule has 0 aliphatic carbocycles. The van der Waals surface area contributed by atoms with Gasteiger partial charge in [0, 0.05) is 11.3 Å². The summed E-state index contributed by atoms with van der Waals surface area (Å²) in [6.07, 6.45) is 0. The third-order valence-corrected chi connectivity index (χ3v) is 8.09. The average Bonchev–Trinajstić information content (AvgIpc) is 2.35. The predicted octanol–water partition coefficient (Wildman–Crippen LogP) is 2.55. The summed E-state index contributed by atoms with van der Waals surface area (Å²) in [6.45, 7) is 10.0. The Balaban J connectivity index is 2.54. The van der Waals surface area contributed by atoms with Crippen LogP contribution in [-0.4, -0.2) is 26.7 Å². The predicted molar refractivity (Wildman–Crippen MR) is 86.5 cm³/mol. The van der Waals surface area contributed by atoms with Gasteiger partial charge in [0.05, 0.1) is 0 Å². The van der Waals surface area contributed by atoms with Gasteiger partial charge in [0.15, 0.2) is 0 Å². The standard InChI is InChI=1S/C15H24N2O3Si/c1-15(2,3)21(4,5)20-13(18)10-17-14(19)11-6-8-12(16)9-7-11/h6-9H,10,16H2,1-5H3,(H,17,19). The first kappa shape index (κ1) is 17.2. The van der Waals surface area contributed by atoms with Gasteiger partial charge in [0.2, 0.25) is 0 Å². The van der Waals surface area contributed by atoms with Crippen LogP contribution in [0.4, 0.5) is 5.69 Å². The van der Waals surface area contributed by atoms with E-state index < -0.39 is 14.3 Å². The minimum Gasteiger partial charge on any atom is -0.518 e. The Morgan fingerprint density at radius 2 is 1.71 bits per heavy atom. The molecule has 1 rings (SSSR count). The largest absolute Gasteiger partial charge is 0.518 e. The van der Waals surface area contributed by atoms with Crippen molar-refractivity contribution >= 4 is 25.9 Å². The summed E-state index contributed by atoms with van der Waals surface area (Å²) in [7, 11) is -2.14. The first-order chi connectivity index (χ1) is 9.53. The maximum absolute atomic E-state index is 11.9. The molecule has 0 atom stereocenters. The SMILES string of the molecule is CC(C)(C)[Si](C)(C)OC(=O)CNC(=O)c1ccc(N)cc1. The zero-order chi connectivity index (χ0) is 16.3. The van der Waals surface area contributed by atoms with Gasteiger partial charge in [-0.25, -0.2) is 0 Å². The molecule has 0 unspecified atom stereocenters. The molecule has 1 aromatic rings. The van der Waals surface area contributed by atoms with Gasteiger partial charge in [-0.1, -0.05) is 20.8 Å². The molecule has 0 aromatic heterocycles. The van der Waals surface area contributed by atoms with Crippen molar-refractivity contribution in [1.29, 1.82) is 0 Å². The number of carbonyl (C=O) groups excluding carboxylic acids is 2. The molecule has 0 aliphatic rings. The topological polar surface area (TPSA) is 81.4 Å². The van der Waals surface area contributed by atoms with Crippen LogP contribution in [0, 0.1) is 0 Å². The molecule has 3 N–H and O–H groups in total. The van der Waals surface area contributed by atoms with Gasteiger partial charge in [0.25, 0.3) is 14.2 Å². The Morgan fingerprint density at radius 3 is 2.19 bits per heavy atom. The Hall–Kier alpha value is -1.82. The van der Waals surface area contributed by atoms with Gasteiger partial charge in [-0.05, 0) is 42.4 Å². The number of nitrogens with two attached hydrogens (primary N) is 1. The van der Waals surface area contributed by atoms with E-state index in [1.165, 1.54) is 0 Å². The van der Waals surface area contributed by atoms with Crippen molar-refractivity contribution in [1.82, 2.24) is 5.32 Å². The molecule has 0 bridgehead atoms. The van der Waals surface area contributed by atoms with E-state index >= 15 is 0 Å². The Bertz CT molecular complexity index is 519. The zero-order valence-corrected chi connectivity index (χ0v) is 14.3. The van der Waals surface area contributed by atoms with Crippen molar-refractivity contribution in [3.8, 4) is 0 Å². The van der Waals surface area contributed by atoms with E-state index in [1.54, 1.807) is 24.3 Å². The molecular formula is C15H24N2O3Si.